The molecule has 0 unspecified atom stereocenters. The van der Waals surface area contributed by atoms with E-state index in [1.54, 1.807) is 0 Å². The van der Waals surface area contributed by atoms with Gasteiger partial charge in [-0.25, -0.2) is 0 Å². The summed E-state index contributed by atoms with van der Waals surface area (Å²) in [5.74, 6) is 0.711. The molecule has 218 valence electrons. The maximum atomic E-state index is 14.7. The lowest BCUT2D eigenvalue weighted by Gasteiger charge is -2.20. The second kappa shape index (κ2) is 12.1. The second-order valence-electron chi connectivity index (χ2n) is 10.6. The molecular formula is C38H28N2O3P2. The Kier molecular flexibility index (Phi) is 7.73. The van der Waals surface area contributed by atoms with Gasteiger partial charge in [0.2, 0.25) is 11.8 Å². The summed E-state index contributed by atoms with van der Waals surface area (Å²) in [6.07, 6.45) is 0. The first-order valence-electron chi connectivity index (χ1n) is 14.5. The third-order valence-corrected chi connectivity index (χ3v) is 14.0. The standard InChI is InChI=1S/C38H28N2O3P2/c41-44(31-13-5-1-6-14-31,32-15-7-2-8-16-32)35-25-21-29(22-26-35)37-39-40-38(43-37)30-23-27-36(28-24-30)45(42,33-17-9-3-10-18-33)34-19-11-4-12-20-34/h1-28H. The Hall–Kier alpha value is -5.08. The lowest BCUT2D eigenvalue weighted by atomic mass is 10.2. The fourth-order valence-corrected chi connectivity index (χ4v) is 10.8. The second-order valence-corrected chi connectivity index (χ2v) is 16.1. The fourth-order valence-electron chi connectivity index (χ4n) is 5.53. The Morgan fingerprint density at radius 1 is 0.333 bits per heavy atom. The molecule has 0 fully saturated rings. The van der Waals surface area contributed by atoms with Gasteiger partial charge in [0.1, 0.15) is 0 Å². The summed E-state index contributed by atoms with van der Waals surface area (Å²) in [6, 6.07) is 53.2. The van der Waals surface area contributed by atoms with Crippen molar-refractivity contribution < 1.29 is 13.5 Å². The maximum absolute atomic E-state index is 14.7. The average Bonchev–Trinajstić information content (AvgIpc) is 3.63. The average molecular weight is 623 g/mol. The summed E-state index contributed by atoms with van der Waals surface area (Å²) >= 11 is 0. The third kappa shape index (κ3) is 5.31. The van der Waals surface area contributed by atoms with Crippen LogP contribution in [0.15, 0.2) is 174 Å². The predicted octanol–water partition coefficient (Wildman–Crippen LogP) is 6.68. The molecule has 0 bridgehead atoms. The zero-order valence-corrected chi connectivity index (χ0v) is 26.0. The van der Waals surface area contributed by atoms with Crippen molar-refractivity contribution in [3.05, 3.63) is 170 Å². The highest BCUT2D eigenvalue weighted by molar-refractivity contribution is 7.85. The molecule has 7 heteroatoms. The molecule has 0 saturated heterocycles. The Bertz CT molecular complexity index is 1890. The monoisotopic (exact) mass is 622 g/mol. The molecule has 0 spiro atoms. The van der Waals surface area contributed by atoms with E-state index >= 15 is 0 Å². The highest BCUT2D eigenvalue weighted by Gasteiger charge is 2.31. The summed E-state index contributed by atoms with van der Waals surface area (Å²) < 4.78 is 35.4. The van der Waals surface area contributed by atoms with Crippen LogP contribution in [0.5, 0.6) is 0 Å². The molecule has 1 aromatic heterocycles. The number of benzene rings is 6. The molecule has 1 heterocycles. The van der Waals surface area contributed by atoms with Crippen molar-refractivity contribution in [2.24, 2.45) is 0 Å². The van der Waals surface area contributed by atoms with Crippen LogP contribution in [0.25, 0.3) is 22.9 Å². The van der Waals surface area contributed by atoms with E-state index < -0.39 is 14.3 Å². The van der Waals surface area contributed by atoms with Gasteiger partial charge in [-0.2, -0.15) is 0 Å². The molecule has 7 aromatic rings. The van der Waals surface area contributed by atoms with Crippen LogP contribution in [0.2, 0.25) is 0 Å². The van der Waals surface area contributed by atoms with Crippen LogP contribution in [-0.2, 0) is 9.13 Å². The Morgan fingerprint density at radius 2 is 0.578 bits per heavy atom. The molecule has 0 aliphatic heterocycles. The summed E-state index contributed by atoms with van der Waals surface area (Å²) in [5, 5.41) is 13.1. The third-order valence-electron chi connectivity index (χ3n) is 7.86. The molecule has 5 nitrogen and oxygen atoms in total. The highest BCUT2D eigenvalue weighted by Crippen LogP contribution is 2.43. The minimum atomic E-state index is -3.08. The molecule has 6 aromatic carbocycles. The molecule has 45 heavy (non-hydrogen) atoms. The lowest BCUT2D eigenvalue weighted by Crippen LogP contribution is -2.24. The van der Waals surface area contributed by atoms with E-state index in [4.69, 9.17) is 4.42 Å². The van der Waals surface area contributed by atoms with Crippen LogP contribution in [-0.4, -0.2) is 10.2 Å². The van der Waals surface area contributed by atoms with Crippen LogP contribution in [0.3, 0.4) is 0 Å². The van der Waals surface area contributed by atoms with E-state index in [1.807, 2.05) is 170 Å². The first-order chi connectivity index (χ1) is 22.1. The molecule has 0 radical (unpaired) electrons. The Balaban J connectivity index is 1.19. The molecule has 0 amide bonds. The minimum Gasteiger partial charge on any atom is -0.416 e. The zero-order chi connectivity index (χ0) is 30.7. The van der Waals surface area contributed by atoms with Crippen molar-refractivity contribution in [1.82, 2.24) is 10.2 Å². The van der Waals surface area contributed by atoms with Crippen molar-refractivity contribution in [3.8, 4) is 22.9 Å². The number of hydrogen-bond donors (Lipinski definition) is 0. The normalized spacial score (nSPS) is 11.7. The molecular weight excluding hydrogens is 594 g/mol. The van der Waals surface area contributed by atoms with Crippen LogP contribution in [0.4, 0.5) is 0 Å². The summed E-state index contributed by atoms with van der Waals surface area (Å²) in [4.78, 5) is 0. The van der Waals surface area contributed by atoms with Crippen LogP contribution in [0.1, 0.15) is 0 Å². The summed E-state index contributed by atoms with van der Waals surface area (Å²) in [6.45, 7) is 0. The first-order valence-corrected chi connectivity index (χ1v) is 18.0. The number of aromatic nitrogens is 2. The maximum Gasteiger partial charge on any atom is 0.248 e. The SMILES string of the molecule is O=P(c1ccccc1)(c1ccccc1)c1ccc(-c2nnc(-c3ccc(P(=O)(c4ccccc4)c4ccccc4)cc3)o2)cc1. The molecule has 0 N–H and O–H groups in total. The fraction of sp³-hybridized carbons (Fsp3) is 0. The summed E-state index contributed by atoms with van der Waals surface area (Å²) in [5.41, 5.74) is 1.44. The largest absolute Gasteiger partial charge is 0.416 e. The van der Waals surface area contributed by atoms with E-state index in [0.29, 0.717) is 11.8 Å². The summed E-state index contributed by atoms with van der Waals surface area (Å²) in [7, 11) is -6.17. The van der Waals surface area contributed by atoms with E-state index in [-0.39, 0.29) is 0 Å². The lowest BCUT2D eigenvalue weighted by molar-refractivity contribution is 0.584. The van der Waals surface area contributed by atoms with Crippen LogP contribution in [0, 0.1) is 0 Å². The minimum absolute atomic E-state index is 0.356. The van der Waals surface area contributed by atoms with Gasteiger partial charge < -0.3 is 13.5 Å². The zero-order valence-electron chi connectivity index (χ0n) is 24.2. The van der Waals surface area contributed by atoms with E-state index in [0.717, 1.165) is 43.0 Å². The van der Waals surface area contributed by atoms with Gasteiger partial charge in [-0.1, -0.05) is 146 Å². The number of rotatable bonds is 8. The number of hydrogen-bond acceptors (Lipinski definition) is 5. The molecule has 0 atom stereocenters. The van der Waals surface area contributed by atoms with Gasteiger partial charge in [-0.15, -0.1) is 10.2 Å². The van der Waals surface area contributed by atoms with Crippen molar-refractivity contribution in [1.29, 1.82) is 0 Å². The molecule has 0 aliphatic rings. The Labute approximate surface area is 262 Å². The first kappa shape index (κ1) is 28.7. The predicted molar refractivity (Wildman–Crippen MR) is 184 cm³/mol. The van der Waals surface area contributed by atoms with Crippen LogP contribution < -0.4 is 31.8 Å². The van der Waals surface area contributed by atoms with E-state index in [9.17, 15) is 9.13 Å². The van der Waals surface area contributed by atoms with Crippen molar-refractivity contribution in [2.45, 2.75) is 0 Å². The van der Waals surface area contributed by atoms with Crippen molar-refractivity contribution in [3.63, 3.8) is 0 Å². The van der Waals surface area contributed by atoms with Gasteiger partial charge in [0.25, 0.3) is 0 Å². The quantitative estimate of drug-likeness (QED) is 0.177. The van der Waals surface area contributed by atoms with Crippen LogP contribution >= 0.6 is 14.3 Å². The van der Waals surface area contributed by atoms with Gasteiger partial charge in [0.15, 0.2) is 14.3 Å². The highest BCUT2D eigenvalue weighted by atomic mass is 31.2. The topological polar surface area (TPSA) is 73.1 Å². The van der Waals surface area contributed by atoms with Gasteiger partial charge in [-0.05, 0) is 24.3 Å². The van der Waals surface area contributed by atoms with E-state index in [1.165, 1.54) is 0 Å². The van der Waals surface area contributed by atoms with E-state index in [2.05, 4.69) is 10.2 Å². The van der Waals surface area contributed by atoms with Gasteiger partial charge in [-0.3, -0.25) is 0 Å². The molecule has 0 aliphatic carbocycles. The van der Waals surface area contributed by atoms with Gasteiger partial charge in [0.05, 0.1) is 0 Å². The Morgan fingerprint density at radius 3 is 0.844 bits per heavy atom. The van der Waals surface area contributed by atoms with Gasteiger partial charge in [0, 0.05) is 43.0 Å². The smallest absolute Gasteiger partial charge is 0.248 e. The molecule has 7 rings (SSSR count). The van der Waals surface area contributed by atoms with Crippen molar-refractivity contribution in [2.75, 3.05) is 0 Å². The number of nitrogens with zero attached hydrogens (tertiary/aromatic N) is 2. The van der Waals surface area contributed by atoms with Crippen molar-refractivity contribution >= 4 is 46.1 Å². The molecule has 0 saturated carbocycles. The van der Waals surface area contributed by atoms with Gasteiger partial charge >= 0.3 is 0 Å².